The van der Waals surface area contributed by atoms with Crippen LogP contribution in [0.5, 0.6) is 0 Å². The predicted octanol–water partition coefficient (Wildman–Crippen LogP) is 3.01. The summed E-state index contributed by atoms with van der Waals surface area (Å²) in [5.41, 5.74) is 1.43. The Morgan fingerprint density at radius 1 is 1.27 bits per heavy atom. The molecule has 2 amide bonds. The van der Waals surface area contributed by atoms with E-state index >= 15 is 0 Å². The predicted molar refractivity (Wildman–Crippen MR) is 82.5 cm³/mol. The maximum Gasteiger partial charge on any atom is 0.244 e. The van der Waals surface area contributed by atoms with Crippen molar-refractivity contribution in [2.45, 2.75) is 6.42 Å². The topological polar surface area (TPSA) is 49.4 Å². The molecule has 0 fully saturated rings. The van der Waals surface area contributed by atoms with Crippen LogP contribution in [0, 0.1) is 5.82 Å². The summed E-state index contributed by atoms with van der Waals surface area (Å²) >= 11 is 5.70. The normalized spacial score (nSPS) is 13.5. The largest absolute Gasteiger partial charge is 0.323 e. The highest BCUT2D eigenvalue weighted by molar-refractivity contribution is 6.30. The van der Waals surface area contributed by atoms with E-state index in [1.165, 1.54) is 23.1 Å². The van der Waals surface area contributed by atoms with Gasteiger partial charge in [-0.25, -0.2) is 4.39 Å². The van der Waals surface area contributed by atoms with Crippen LogP contribution in [0.4, 0.5) is 15.8 Å². The Morgan fingerprint density at radius 3 is 2.82 bits per heavy atom. The van der Waals surface area contributed by atoms with Gasteiger partial charge in [-0.05, 0) is 29.8 Å². The minimum absolute atomic E-state index is 0.0783. The summed E-state index contributed by atoms with van der Waals surface area (Å²) in [5, 5.41) is 2.98. The van der Waals surface area contributed by atoms with E-state index in [4.69, 9.17) is 11.6 Å². The fourth-order valence-electron chi connectivity index (χ4n) is 2.38. The van der Waals surface area contributed by atoms with E-state index in [1.54, 1.807) is 24.3 Å². The van der Waals surface area contributed by atoms with Gasteiger partial charge in [0, 0.05) is 5.02 Å². The van der Waals surface area contributed by atoms with Crippen molar-refractivity contribution in [2.24, 2.45) is 0 Å². The number of carbonyl (C=O) groups is 2. The van der Waals surface area contributed by atoms with Crippen LogP contribution in [0.3, 0.4) is 0 Å². The van der Waals surface area contributed by atoms with Crippen molar-refractivity contribution in [3.8, 4) is 0 Å². The maximum atomic E-state index is 13.8. The number of rotatable bonds is 2. The number of para-hydroxylation sites is 2. The van der Waals surface area contributed by atoms with Crippen LogP contribution >= 0.6 is 11.6 Å². The van der Waals surface area contributed by atoms with Crippen LogP contribution < -0.4 is 10.2 Å². The standard InChI is InChI=1S/C16H12ClFN2O2/c17-11-6-5-10(12(18)8-11)7-16(22)20-9-15(21)19-13-3-1-2-4-14(13)20/h1-6,8H,7,9H2,(H,19,21). The molecular weight excluding hydrogens is 307 g/mol. The first-order chi connectivity index (χ1) is 10.5. The molecule has 6 heteroatoms. The second-order valence-electron chi connectivity index (χ2n) is 4.96. The Bertz CT molecular complexity index is 764. The summed E-state index contributed by atoms with van der Waals surface area (Å²) in [7, 11) is 0. The zero-order valence-electron chi connectivity index (χ0n) is 11.5. The summed E-state index contributed by atoms with van der Waals surface area (Å²) in [6.45, 7) is -0.0783. The molecule has 0 saturated heterocycles. The van der Waals surface area contributed by atoms with Gasteiger partial charge >= 0.3 is 0 Å². The summed E-state index contributed by atoms with van der Waals surface area (Å²) in [4.78, 5) is 25.5. The molecule has 0 aromatic heterocycles. The minimum atomic E-state index is -0.532. The Morgan fingerprint density at radius 2 is 2.05 bits per heavy atom. The molecule has 0 bridgehead atoms. The average molecular weight is 319 g/mol. The lowest BCUT2D eigenvalue weighted by Crippen LogP contribution is -2.42. The molecule has 0 atom stereocenters. The van der Waals surface area contributed by atoms with Gasteiger partial charge in [-0.15, -0.1) is 0 Å². The van der Waals surface area contributed by atoms with Crippen LogP contribution in [-0.2, 0) is 16.0 Å². The lowest BCUT2D eigenvalue weighted by molar-refractivity contribution is -0.121. The van der Waals surface area contributed by atoms with E-state index in [0.717, 1.165) is 0 Å². The number of anilines is 2. The second-order valence-corrected chi connectivity index (χ2v) is 5.39. The third-order valence-electron chi connectivity index (χ3n) is 3.43. The van der Waals surface area contributed by atoms with Gasteiger partial charge in [0.1, 0.15) is 12.4 Å². The van der Waals surface area contributed by atoms with Crippen LogP contribution in [0.25, 0.3) is 0 Å². The molecule has 2 aromatic rings. The highest BCUT2D eigenvalue weighted by Gasteiger charge is 2.26. The summed E-state index contributed by atoms with van der Waals surface area (Å²) in [6, 6.07) is 11.2. The van der Waals surface area contributed by atoms with Gasteiger partial charge in [-0.2, -0.15) is 0 Å². The van der Waals surface area contributed by atoms with Gasteiger partial charge < -0.3 is 10.2 Å². The molecule has 0 aliphatic carbocycles. The van der Waals surface area contributed by atoms with Crippen LogP contribution in [0.2, 0.25) is 5.02 Å². The molecule has 0 saturated carbocycles. The zero-order chi connectivity index (χ0) is 15.7. The number of carbonyl (C=O) groups excluding carboxylic acids is 2. The number of fused-ring (bicyclic) bond motifs is 1. The fourth-order valence-corrected chi connectivity index (χ4v) is 2.54. The molecule has 2 aromatic carbocycles. The van der Waals surface area contributed by atoms with Crippen molar-refractivity contribution in [1.82, 2.24) is 0 Å². The molecule has 3 rings (SSSR count). The molecule has 1 heterocycles. The lowest BCUT2D eigenvalue weighted by atomic mass is 10.1. The summed E-state index contributed by atoms with van der Waals surface area (Å²) in [5.74, 6) is -1.15. The molecule has 1 aliphatic rings. The third-order valence-corrected chi connectivity index (χ3v) is 3.66. The SMILES string of the molecule is O=C1CN(C(=O)Cc2ccc(Cl)cc2F)c2ccccc2N1. The van der Waals surface area contributed by atoms with Crippen LogP contribution in [0.1, 0.15) is 5.56 Å². The Kier molecular flexibility index (Phi) is 3.81. The van der Waals surface area contributed by atoms with Gasteiger partial charge in [0.05, 0.1) is 17.8 Å². The molecule has 0 radical (unpaired) electrons. The van der Waals surface area contributed by atoms with E-state index in [1.807, 2.05) is 0 Å². The van der Waals surface area contributed by atoms with Gasteiger partial charge in [-0.3, -0.25) is 9.59 Å². The number of hydrogen-bond acceptors (Lipinski definition) is 2. The number of hydrogen-bond donors (Lipinski definition) is 1. The number of nitrogens with one attached hydrogen (secondary N) is 1. The summed E-state index contributed by atoms with van der Waals surface area (Å²) in [6.07, 6.45) is -0.134. The van der Waals surface area contributed by atoms with E-state index < -0.39 is 5.82 Å². The molecule has 22 heavy (non-hydrogen) atoms. The lowest BCUT2D eigenvalue weighted by Gasteiger charge is -2.29. The molecule has 1 aliphatic heterocycles. The number of halogens is 2. The first kappa shape index (κ1) is 14.5. The zero-order valence-corrected chi connectivity index (χ0v) is 12.2. The Hall–Kier alpha value is -2.40. The van der Waals surface area contributed by atoms with E-state index in [0.29, 0.717) is 11.4 Å². The summed E-state index contributed by atoms with van der Waals surface area (Å²) < 4.78 is 13.8. The Balaban J connectivity index is 1.88. The van der Waals surface area contributed by atoms with Crippen molar-refractivity contribution in [3.63, 3.8) is 0 Å². The second kappa shape index (κ2) is 5.77. The number of benzene rings is 2. The third kappa shape index (κ3) is 2.80. The van der Waals surface area contributed by atoms with Gasteiger partial charge in [0.25, 0.3) is 0 Å². The van der Waals surface area contributed by atoms with Gasteiger partial charge in [0.15, 0.2) is 0 Å². The molecule has 4 nitrogen and oxygen atoms in total. The fraction of sp³-hybridized carbons (Fsp3) is 0.125. The molecule has 0 spiro atoms. The average Bonchev–Trinajstić information content (AvgIpc) is 2.49. The number of amides is 2. The van der Waals surface area contributed by atoms with Crippen molar-refractivity contribution in [3.05, 3.63) is 58.9 Å². The van der Waals surface area contributed by atoms with Crippen molar-refractivity contribution in [2.75, 3.05) is 16.8 Å². The smallest absolute Gasteiger partial charge is 0.244 e. The van der Waals surface area contributed by atoms with Gasteiger partial charge in [-0.1, -0.05) is 29.8 Å². The van der Waals surface area contributed by atoms with Crippen molar-refractivity contribution < 1.29 is 14.0 Å². The van der Waals surface area contributed by atoms with Crippen molar-refractivity contribution >= 4 is 34.8 Å². The maximum absolute atomic E-state index is 13.8. The molecule has 1 N–H and O–H groups in total. The molecular formula is C16H12ClFN2O2. The van der Waals surface area contributed by atoms with E-state index in [2.05, 4.69) is 5.32 Å². The minimum Gasteiger partial charge on any atom is -0.323 e. The van der Waals surface area contributed by atoms with E-state index in [9.17, 15) is 14.0 Å². The first-order valence-electron chi connectivity index (χ1n) is 6.68. The quantitative estimate of drug-likeness (QED) is 0.925. The highest BCUT2D eigenvalue weighted by atomic mass is 35.5. The van der Waals surface area contributed by atoms with Crippen molar-refractivity contribution in [1.29, 1.82) is 0 Å². The molecule has 112 valence electrons. The van der Waals surface area contributed by atoms with Crippen LogP contribution in [0.15, 0.2) is 42.5 Å². The first-order valence-corrected chi connectivity index (χ1v) is 7.05. The highest BCUT2D eigenvalue weighted by Crippen LogP contribution is 2.29. The van der Waals surface area contributed by atoms with Crippen LogP contribution in [-0.4, -0.2) is 18.4 Å². The monoisotopic (exact) mass is 318 g/mol. The number of nitrogens with zero attached hydrogens (tertiary/aromatic N) is 1. The van der Waals surface area contributed by atoms with Gasteiger partial charge in [0.2, 0.25) is 11.8 Å². The Labute approximate surface area is 131 Å². The molecule has 0 unspecified atom stereocenters. The van der Waals surface area contributed by atoms with E-state index in [-0.39, 0.29) is 35.4 Å².